The minimum Gasteiger partial charge on any atom is -0.391 e. The van der Waals surface area contributed by atoms with E-state index in [9.17, 15) is 9.90 Å². The van der Waals surface area contributed by atoms with Gasteiger partial charge in [-0.3, -0.25) is 4.79 Å². The lowest BCUT2D eigenvalue weighted by Crippen LogP contribution is -2.32. The van der Waals surface area contributed by atoms with Gasteiger partial charge in [-0.1, -0.05) is 50.2 Å². The maximum absolute atomic E-state index is 12.2. The normalized spacial score (nSPS) is 21.1. The fourth-order valence-corrected chi connectivity index (χ4v) is 5.23. The van der Waals surface area contributed by atoms with Crippen molar-refractivity contribution in [3.8, 4) is 0 Å². The minimum absolute atomic E-state index is 0.00520. The van der Waals surface area contributed by atoms with E-state index in [-0.39, 0.29) is 17.4 Å². The molecule has 1 fully saturated rings. The second kappa shape index (κ2) is 8.06. The molecule has 4 heterocycles. The number of anilines is 4. The molecule has 2 atom stereocenters. The van der Waals surface area contributed by atoms with Gasteiger partial charge in [-0.2, -0.15) is 4.98 Å². The molecule has 0 bridgehead atoms. The van der Waals surface area contributed by atoms with Crippen LogP contribution in [-0.2, 0) is 10.2 Å². The number of β-amino-alcohol motifs (C(OH)–C–C–N with tert-alkyl or cyclic N) is 1. The van der Waals surface area contributed by atoms with Crippen molar-refractivity contribution in [1.82, 2.24) is 19.6 Å². The van der Waals surface area contributed by atoms with Gasteiger partial charge in [-0.05, 0) is 29.7 Å². The lowest BCUT2D eigenvalue weighted by molar-refractivity contribution is -0.117. The first kappa shape index (κ1) is 21.5. The van der Waals surface area contributed by atoms with Crippen LogP contribution < -0.4 is 15.5 Å². The van der Waals surface area contributed by atoms with Crippen LogP contribution in [0, 0.1) is 0 Å². The summed E-state index contributed by atoms with van der Waals surface area (Å²) in [5.74, 6) is 1.12. The lowest BCUT2D eigenvalue weighted by Gasteiger charge is -2.32. The molecular formula is C26H27N7O2. The number of nitrogens with one attached hydrogen (secondary N) is 2. The van der Waals surface area contributed by atoms with Gasteiger partial charge in [0.2, 0.25) is 11.9 Å². The molecule has 0 saturated carbocycles. The third-order valence-corrected chi connectivity index (χ3v) is 6.85. The first-order valence-electron chi connectivity index (χ1n) is 11.8. The molecule has 1 amide bonds. The summed E-state index contributed by atoms with van der Waals surface area (Å²) < 4.78 is 1.70. The number of fused-ring (bicyclic) bond motifs is 2. The van der Waals surface area contributed by atoms with Crippen LogP contribution in [0.2, 0.25) is 0 Å². The SMILES string of the molecule is CC1(C)CC(=O)Nc2cc(Nc3nc4c(N5CC(O)CC5c5ccccc5)nccn4n3)ccc21. The monoisotopic (exact) mass is 469 g/mol. The minimum atomic E-state index is -0.447. The molecule has 1 saturated heterocycles. The number of rotatable bonds is 4. The third kappa shape index (κ3) is 3.87. The first-order chi connectivity index (χ1) is 16.9. The number of aromatic nitrogens is 4. The zero-order chi connectivity index (χ0) is 24.2. The summed E-state index contributed by atoms with van der Waals surface area (Å²) in [6.45, 7) is 4.63. The Morgan fingerprint density at radius 2 is 2.00 bits per heavy atom. The second-order valence-electron chi connectivity index (χ2n) is 9.92. The van der Waals surface area contributed by atoms with Crippen LogP contribution in [-0.4, -0.2) is 43.2 Å². The van der Waals surface area contributed by atoms with Gasteiger partial charge in [0, 0.05) is 42.1 Å². The third-order valence-electron chi connectivity index (χ3n) is 6.85. The highest BCUT2D eigenvalue weighted by molar-refractivity contribution is 5.96. The number of carbonyl (C=O) groups excluding carboxylic acids is 1. The van der Waals surface area contributed by atoms with Gasteiger partial charge in [0.25, 0.3) is 0 Å². The molecule has 0 radical (unpaired) electrons. The number of aliphatic hydroxyl groups excluding tert-OH is 1. The number of aliphatic hydroxyl groups is 1. The van der Waals surface area contributed by atoms with Crippen molar-refractivity contribution in [2.45, 2.75) is 44.2 Å². The van der Waals surface area contributed by atoms with Crippen LogP contribution >= 0.6 is 0 Å². The molecule has 9 nitrogen and oxygen atoms in total. The fraction of sp³-hybridized carbons (Fsp3) is 0.308. The van der Waals surface area contributed by atoms with Crippen LogP contribution in [0.25, 0.3) is 5.65 Å². The summed E-state index contributed by atoms with van der Waals surface area (Å²) in [4.78, 5) is 23.6. The molecule has 178 valence electrons. The van der Waals surface area contributed by atoms with E-state index < -0.39 is 6.10 Å². The first-order valence-corrected chi connectivity index (χ1v) is 11.8. The van der Waals surface area contributed by atoms with Crippen molar-refractivity contribution < 1.29 is 9.90 Å². The number of hydrogen-bond acceptors (Lipinski definition) is 7. The molecule has 6 rings (SSSR count). The number of amides is 1. The van der Waals surface area contributed by atoms with Gasteiger partial charge in [0.05, 0.1) is 12.1 Å². The van der Waals surface area contributed by atoms with Crippen molar-refractivity contribution in [1.29, 1.82) is 0 Å². The van der Waals surface area contributed by atoms with Gasteiger partial charge in [0.1, 0.15) is 0 Å². The fourth-order valence-electron chi connectivity index (χ4n) is 5.23. The van der Waals surface area contributed by atoms with Gasteiger partial charge in [-0.15, -0.1) is 5.10 Å². The Balaban J connectivity index is 1.33. The smallest absolute Gasteiger partial charge is 0.247 e. The molecule has 2 aliphatic rings. The molecule has 9 heteroatoms. The van der Waals surface area contributed by atoms with Crippen molar-refractivity contribution in [2.75, 3.05) is 22.1 Å². The highest BCUT2D eigenvalue weighted by atomic mass is 16.3. The van der Waals surface area contributed by atoms with Crippen LogP contribution in [0.3, 0.4) is 0 Å². The number of benzene rings is 2. The molecular weight excluding hydrogens is 442 g/mol. The highest BCUT2D eigenvalue weighted by Crippen LogP contribution is 2.39. The van der Waals surface area contributed by atoms with Crippen LogP contribution in [0.4, 0.5) is 23.1 Å². The summed E-state index contributed by atoms with van der Waals surface area (Å²) >= 11 is 0. The Kier molecular flexibility index (Phi) is 4.96. The predicted molar refractivity (Wildman–Crippen MR) is 134 cm³/mol. The highest BCUT2D eigenvalue weighted by Gasteiger charge is 2.35. The van der Waals surface area contributed by atoms with E-state index in [1.165, 1.54) is 0 Å². The zero-order valence-electron chi connectivity index (χ0n) is 19.6. The molecule has 0 aliphatic carbocycles. The summed E-state index contributed by atoms with van der Waals surface area (Å²) in [7, 11) is 0. The van der Waals surface area contributed by atoms with Gasteiger partial charge < -0.3 is 20.6 Å². The Morgan fingerprint density at radius 3 is 2.83 bits per heavy atom. The van der Waals surface area contributed by atoms with E-state index in [0.29, 0.717) is 36.8 Å². The maximum Gasteiger partial charge on any atom is 0.247 e. The summed E-state index contributed by atoms with van der Waals surface area (Å²) in [5.41, 5.74) is 4.22. The second-order valence-corrected chi connectivity index (χ2v) is 9.92. The Labute approximate surface area is 202 Å². The van der Waals surface area contributed by atoms with Gasteiger partial charge in [-0.25, -0.2) is 9.50 Å². The summed E-state index contributed by atoms with van der Waals surface area (Å²) in [6.07, 6.45) is 4.10. The van der Waals surface area contributed by atoms with Crippen LogP contribution in [0.1, 0.15) is 43.9 Å². The predicted octanol–water partition coefficient (Wildman–Crippen LogP) is 3.80. The average molecular weight is 470 g/mol. The van der Waals surface area contributed by atoms with E-state index in [1.807, 2.05) is 36.4 Å². The number of nitrogens with zero attached hydrogens (tertiary/aromatic N) is 5. The Morgan fingerprint density at radius 1 is 1.17 bits per heavy atom. The lowest BCUT2D eigenvalue weighted by atomic mass is 9.78. The van der Waals surface area contributed by atoms with Crippen molar-refractivity contribution in [2.24, 2.45) is 0 Å². The maximum atomic E-state index is 12.2. The molecule has 35 heavy (non-hydrogen) atoms. The van der Waals surface area contributed by atoms with E-state index in [0.717, 1.165) is 22.5 Å². The van der Waals surface area contributed by atoms with E-state index in [1.54, 1.807) is 16.9 Å². The van der Waals surface area contributed by atoms with Crippen molar-refractivity contribution in [3.05, 3.63) is 72.1 Å². The molecule has 3 N–H and O–H groups in total. The standard InChI is InChI=1S/C26H27N7O2/c1-26(2)14-22(35)29-20-12-17(8-9-19(20)26)28-25-30-24-23(27-10-11-33(24)31-25)32-15-18(34)13-21(32)16-6-4-3-5-7-16/h3-12,18,21,34H,13-15H2,1-2H3,(H,28,31)(H,29,35). The van der Waals surface area contributed by atoms with Crippen molar-refractivity contribution >= 4 is 34.7 Å². The van der Waals surface area contributed by atoms with E-state index in [2.05, 4.69) is 51.6 Å². The summed E-state index contributed by atoms with van der Waals surface area (Å²) in [5, 5.41) is 21.3. The topological polar surface area (TPSA) is 108 Å². The molecule has 2 aromatic carbocycles. The number of hydrogen-bond donors (Lipinski definition) is 3. The van der Waals surface area contributed by atoms with Crippen molar-refractivity contribution in [3.63, 3.8) is 0 Å². The molecule has 4 aromatic rings. The average Bonchev–Trinajstić information content (AvgIpc) is 3.41. The summed E-state index contributed by atoms with van der Waals surface area (Å²) in [6, 6.07) is 16.1. The van der Waals surface area contributed by atoms with Crippen LogP contribution in [0.15, 0.2) is 60.9 Å². The molecule has 2 aromatic heterocycles. The Hall–Kier alpha value is -3.98. The van der Waals surface area contributed by atoms with Crippen LogP contribution in [0.5, 0.6) is 0 Å². The number of carbonyl (C=O) groups is 1. The quantitative estimate of drug-likeness (QED) is 0.417. The molecule has 0 spiro atoms. The van der Waals surface area contributed by atoms with Gasteiger partial charge >= 0.3 is 0 Å². The largest absolute Gasteiger partial charge is 0.391 e. The zero-order valence-corrected chi connectivity index (χ0v) is 19.6. The van der Waals surface area contributed by atoms with Gasteiger partial charge in [0.15, 0.2) is 11.5 Å². The molecule has 2 unspecified atom stereocenters. The Bertz CT molecular complexity index is 1420. The van der Waals surface area contributed by atoms with E-state index in [4.69, 9.17) is 4.98 Å². The molecule has 2 aliphatic heterocycles. The van der Waals surface area contributed by atoms with E-state index >= 15 is 0 Å².